The Hall–Kier alpha value is 0.260. The zero-order chi connectivity index (χ0) is 13.5. The van der Waals surface area contributed by atoms with Crippen molar-refractivity contribution in [1.82, 2.24) is 4.90 Å². The van der Waals surface area contributed by atoms with Gasteiger partial charge in [0.2, 0.25) is 0 Å². The summed E-state index contributed by atoms with van der Waals surface area (Å²) in [4.78, 5) is 2.03. The molecule has 0 aromatic rings. The first-order valence-electron chi connectivity index (χ1n) is 6.25. The highest BCUT2D eigenvalue weighted by molar-refractivity contribution is 9.11. The van der Waals surface area contributed by atoms with Gasteiger partial charge in [-0.1, -0.05) is 41.8 Å². The first-order valence-corrected chi connectivity index (χ1v) is 9.30. The molecule has 0 aromatic carbocycles. The Bertz CT molecular complexity index is 336. The van der Waals surface area contributed by atoms with E-state index in [4.69, 9.17) is 0 Å². The summed E-state index contributed by atoms with van der Waals surface area (Å²) in [7, 11) is 3.15. The summed E-state index contributed by atoms with van der Waals surface area (Å²) in [5, 5.41) is 3.36. The largest absolute Gasteiger partial charge is 0.372 e. The minimum absolute atomic E-state index is 0.362. The summed E-state index contributed by atoms with van der Waals surface area (Å²) in [6.45, 7) is 3.83. The van der Waals surface area contributed by atoms with Crippen LogP contribution in [0.2, 0.25) is 0 Å². The molecule has 0 bridgehead atoms. The summed E-state index contributed by atoms with van der Waals surface area (Å²) in [6.07, 6.45) is 5.98. The Morgan fingerprint density at radius 3 is 2.56 bits per heavy atom. The van der Waals surface area contributed by atoms with Gasteiger partial charge in [0.25, 0.3) is 0 Å². The lowest BCUT2D eigenvalue weighted by molar-refractivity contribution is 0.506. The van der Waals surface area contributed by atoms with E-state index in [0.29, 0.717) is 5.25 Å². The summed E-state index contributed by atoms with van der Waals surface area (Å²) in [5.41, 5.74) is 0. The molecule has 0 N–H and O–H groups in total. The number of nitrogens with zero attached hydrogens (tertiary/aromatic N) is 1. The van der Waals surface area contributed by atoms with Crippen molar-refractivity contribution in [3.05, 3.63) is 21.5 Å². The molecule has 0 heterocycles. The zero-order valence-electron chi connectivity index (χ0n) is 11.2. The van der Waals surface area contributed by atoms with Crippen LogP contribution in [-0.4, -0.2) is 34.2 Å². The van der Waals surface area contributed by atoms with E-state index in [-0.39, 0.29) is 0 Å². The van der Waals surface area contributed by atoms with Gasteiger partial charge >= 0.3 is 0 Å². The maximum absolute atomic E-state index is 12.3. The van der Waals surface area contributed by atoms with E-state index in [2.05, 4.69) is 22.5 Å². The third-order valence-electron chi connectivity index (χ3n) is 2.92. The molecule has 1 aliphatic carbocycles. The Morgan fingerprint density at radius 1 is 1.44 bits per heavy atom. The SMILES string of the molecule is C=C(Br)CS/C(=C/S(=O)C1CCCCC1)N(C)C. The third-order valence-corrected chi connectivity index (χ3v) is 6.57. The summed E-state index contributed by atoms with van der Waals surface area (Å²) >= 11 is 5.04. The van der Waals surface area contributed by atoms with E-state index in [0.717, 1.165) is 28.1 Å². The highest BCUT2D eigenvalue weighted by Crippen LogP contribution is 2.27. The fourth-order valence-corrected chi connectivity index (χ4v) is 4.78. The molecule has 104 valence electrons. The molecule has 5 heteroatoms. The van der Waals surface area contributed by atoms with Gasteiger partial charge in [-0.15, -0.1) is 11.8 Å². The van der Waals surface area contributed by atoms with Crippen molar-refractivity contribution in [2.45, 2.75) is 37.4 Å². The molecule has 0 aromatic heterocycles. The quantitative estimate of drug-likeness (QED) is 0.719. The van der Waals surface area contributed by atoms with Crippen LogP contribution in [0.4, 0.5) is 0 Å². The molecule has 0 aliphatic heterocycles. The second kappa shape index (κ2) is 8.43. The van der Waals surface area contributed by atoms with Crippen LogP contribution >= 0.6 is 27.7 Å². The molecule has 0 spiro atoms. The minimum atomic E-state index is -0.841. The summed E-state index contributed by atoms with van der Waals surface area (Å²) < 4.78 is 13.3. The van der Waals surface area contributed by atoms with Crippen LogP contribution in [0.15, 0.2) is 21.5 Å². The van der Waals surface area contributed by atoms with Crippen molar-refractivity contribution in [2.75, 3.05) is 19.8 Å². The number of rotatable bonds is 6. The Labute approximate surface area is 126 Å². The van der Waals surface area contributed by atoms with E-state index < -0.39 is 10.8 Å². The van der Waals surface area contributed by atoms with Crippen LogP contribution in [0.25, 0.3) is 0 Å². The summed E-state index contributed by atoms with van der Waals surface area (Å²) in [6, 6.07) is 0. The molecule has 1 atom stereocenters. The fourth-order valence-electron chi connectivity index (χ4n) is 1.91. The van der Waals surface area contributed by atoms with Gasteiger partial charge in [-0.3, -0.25) is 4.21 Å². The predicted octanol–water partition coefficient (Wildman–Crippen LogP) is 4.07. The lowest BCUT2D eigenvalue weighted by atomic mass is 10.0. The molecular formula is C13H22BrNOS2. The van der Waals surface area contributed by atoms with Crippen LogP contribution in [0.1, 0.15) is 32.1 Å². The van der Waals surface area contributed by atoms with Crippen molar-refractivity contribution in [1.29, 1.82) is 0 Å². The highest BCUT2D eigenvalue weighted by Gasteiger charge is 2.19. The van der Waals surface area contributed by atoms with Crippen LogP contribution in [0.3, 0.4) is 0 Å². The van der Waals surface area contributed by atoms with Crippen LogP contribution in [-0.2, 0) is 10.8 Å². The molecule has 1 saturated carbocycles. The van der Waals surface area contributed by atoms with Crippen molar-refractivity contribution in [3.63, 3.8) is 0 Å². The molecule has 0 amide bonds. The Balaban J connectivity index is 2.61. The third kappa shape index (κ3) is 5.93. The van der Waals surface area contributed by atoms with Gasteiger partial charge in [0.05, 0.1) is 15.8 Å². The zero-order valence-corrected chi connectivity index (χ0v) is 14.4. The van der Waals surface area contributed by atoms with E-state index in [1.54, 1.807) is 11.8 Å². The number of thioether (sulfide) groups is 1. The lowest BCUT2D eigenvalue weighted by Crippen LogP contribution is -2.18. The van der Waals surface area contributed by atoms with Crippen LogP contribution < -0.4 is 0 Å². The fraction of sp³-hybridized carbons (Fsp3) is 0.692. The smallest absolute Gasteiger partial charge is 0.0795 e. The molecule has 1 rings (SSSR count). The Morgan fingerprint density at radius 2 is 2.06 bits per heavy atom. The van der Waals surface area contributed by atoms with Crippen molar-refractivity contribution in [2.24, 2.45) is 0 Å². The molecule has 2 nitrogen and oxygen atoms in total. The van der Waals surface area contributed by atoms with Gasteiger partial charge in [0.15, 0.2) is 0 Å². The van der Waals surface area contributed by atoms with E-state index in [9.17, 15) is 4.21 Å². The van der Waals surface area contributed by atoms with Gasteiger partial charge in [-0.2, -0.15) is 0 Å². The average molecular weight is 352 g/mol. The monoisotopic (exact) mass is 351 g/mol. The van der Waals surface area contributed by atoms with Gasteiger partial charge < -0.3 is 4.90 Å². The van der Waals surface area contributed by atoms with Crippen LogP contribution in [0, 0.1) is 0 Å². The number of hydrogen-bond acceptors (Lipinski definition) is 3. The summed E-state index contributed by atoms with van der Waals surface area (Å²) in [5.74, 6) is 0.811. The van der Waals surface area contributed by atoms with Crippen molar-refractivity contribution in [3.8, 4) is 0 Å². The lowest BCUT2D eigenvalue weighted by Gasteiger charge is -2.21. The topological polar surface area (TPSA) is 20.3 Å². The first kappa shape index (κ1) is 16.3. The second-order valence-corrected chi connectivity index (χ2v) is 8.42. The second-order valence-electron chi connectivity index (χ2n) is 4.75. The van der Waals surface area contributed by atoms with Gasteiger partial charge in [0.1, 0.15) is 0 Å². The molecule has 18 heavy (non-hydrogen) atoms. The molecule has 1 aliphatic rings. The van der Waals surface area contributed by atoms with Gasteiger partial charge in [0, 0.05) is 30.5 Å². The molecule has 1 fully saturated rings. The van der Waals surface area contributed by atoms with Gasteiger partial charge in [-0.05, 0) is 17.3 Å². The highest BCUT2D eigenvalue weighted by atomic mass is 79.9. The maximum Gasteiger partial charge on any atom is 0.0795 e. The van der Waals surface area contributed by atoms with E-state index in [1.807, 2.05) is 24.4 Å². The maximum atomic E-state index is 12.3. The van der Waals surface area contributed by atoms with Crippen LogP contribution in [0.5, 0.6) is 0 Å². The van der Waals surface area contributed by atoms with E-state index >= 15 is 0 Å². The molecule has 1 unspecified atom stereocenters. The van der Waals surface area contributed by atoms with Crippen molar-refractivity contribution < 1.29 is 4.21 Å². The molecule has 0 radical (unpaired) electrons. The number of halogens is 1. The van der Waals surface area contributed by atoms with Gasteiger partial charge in [-0.25, -0.2) is 0 Å². The molecule has 0 saturated heterocycles. The Kier molecular flexibility index (Phi) is 7.64. The minimum Gasteiger partial charge on any atom is -0.372 e. The predicted molar refractivity (Wildman–Crippen MR) is 87.3 cm³/mol. The molecular weight excluding hydrogens is 330 g/mol. The average Bonchev–Trinajstić information content (AvgIpc) is 2.34. The standard InChI is InChI=1S/C13H22BrNOS2/c1-11(14)9-17-13(15(2)3)10-18(16)12-7-5-4-6-8-12/h10,12H,1,4-9H2,2-3H3/b13-10+. The number of hydrogen-bond donors (Lipinski definition) is 0. The van der Waals surface area contributed by atoms with E-state index in [1.165, 1.54) is 19.3 Å². The first-order chi connectivity index (χ1) is 8.50. The normalized spacial score (nSPS) is 19.6. The van der Waals surface area contributed by atoms with Crippen molar-refractivity contribution >= 4 is 38.5 Å².